The molecular weight excluding hydrogens is 248 g/mol. The Labute approximate surface area is 118 Å². The van der Waals surface area contributed by atoms with Gasteiger partial charge in [0.1, 0.15) is 0 Å². The van der Waals surface area contributed by atoms with Crippen LogP contribution in [0.3, 0.4) is 0 Å². The highest BCUT2D eigenvalue weighted by Gasteiger charge is 2.30. The first-order valence-corrected chi connectivity index (χ1v) is 7.19. The number of fused-ring (bicyclic) bond motifs is 1. The molecule has 0 atom stereocenters. The van der Waals surface area contributed by atoms with Gasteiger partial charge < -0.3 is 5.32 Å². The molecule has 0 unspecified atom stereocenters. The number of aryl methyl sites for hydroxylation is 1. The fraction of sp³-hybridized carbons (Fsp3) is 0.294. The third-order valence-corrected chi connectivity index (χ3v) is 4.18. The third kappa shape index (κ3) is 1.90. The number of nitrogens with zero attached hydrogens (tertiary/aromatic N) is 1. The largest absolute Gasteiger partial charge is 0.325 e. The lowest BCUT2D eigenvalue weighted by atomic mass is 9.90. The molecule has 20 heavy (non-hydrogen) atoms. The van der Waals surface area contributed by atoms with Crippen LogP contribution >= 0.6 is 0 Å². The van der Waals surface area contributed by atoms with Crippen LogP contribution in [-0.4, -0.2) is 10.9 Å². The van der Waals surface area contributed by atoms with Gasteiger partial charge in [0.15, 0.2) is 0 Å². The molecule has 0 spiro atoms. The first kappa shape index (κ1) is 11.6. The molecule has 1 saturated carbocycles. The van der Waals surface area contributed by atoms with E-state index < -0.39 is 0 Å². The molecule has 0 radical (unpaired) electrons. The molecule has 1 N–H and O–H groups in total. The normalized spacial score (nSPS) is 17.5. The Balaban J connectivity index is 1.95. The van der Waals surface area contributed by atoms with Gasteiger partial charge in [-0.05, 0) is 42.4 Å². The summed E-state index contributed by atoms with van der Waals surface area (Å²) in [5, 5.41) is 3.08. The molecule has 1 amide bonds. The van der Waals surface area contributed by atoms with Crippen LogP contribution in [0.15, 0.2) is 36.7 Å². The summed E-state index contributed by atoms with van der Waals surface area (Å²) in [5.74, 6) is 0.768. The van der Waals surface area contributed by atoms with Crippen LogP contribution in [0.25, 0.3) is 11.1 Å². The Hall–Kier alpha value is -2.16. The predicted molar refractivity (Wildman–Crippen MR) is 78.6 cm³/mol. The maximum absolute atomic E-state index is 11.8. The van der Waals surface area contributed by atoms with Crippen LogP contribution in [-0.2, 0) is 11.2 Å². The zero-order chi connectivity index (χ0) is 13.5. The monoisotopic (exact) mass is 264 g/mol. The summed E-state index contributed by atoms with van der Waals surface area (Å²) in [6.45, 7) is 0. The van der Waals surface area contributed by atoms with Gasteiger partial charge in [0.05, 0.1) is 5.69 Å². The number of anilines is 1. The number of carbonyl (C=O) groups is 1. The molecule has 2 aromatic rings. The maximum Gasteiger partial charge on any atom is 0.224 e. The molecule has 0 saturated heterocycles. The average Bonchev–Trinajstić information content (AvgIpc) is 3.31. The average molecular weight is 264 g/mol. The third-order valence-electron chi connectivity index (χ3n) is 4.18. The molecule has 1 aliphatic heterocycles. The van der Waals surface area contributed by atoms with Gasteiger partial charge in [-0.25, -0.2) is 0 Å². The fourth-order valence-corrected chi connectivity index (χ4v) is 3.02. The molecule has 0 bridgehead atoms. The van der Waals surface area contributed by atoms with Crippen molar-refractivity contribution in [2.24, 2.45) is 0 Å². The smallest absolute Gasteiger partial charge is 0.224 e. The van der Waals surface area contributed by atoms with Gasteiger partial charge in [0, 0.05) is 29.9 Å². The molecule has 1 aliphatic carbocycles. The lowest BCUT2D eigenvalue weighted by Gasteiger charge is -2.23. The van der Waals surface area contributed by atoms with Gasteiger partial charge in [-0.3, -0.25) is 9.78 Å². The second-order valence-electron chi connectivity index (χ2n) is 5.63. The SMILES string of the molecule is O=C1CCc2ccc(C3CC3)c(-c3cccnc3)c2N1. The second-order valence-corrected chi connectivity index (χ2v) is 5.63. The molecule has 1 aromatic carbocycles. The van der Waals surface area contributed by atoms with Crippen molar-refractivity contribution in [3.8, 4) is 11.1 Å². The minimum atomic E-state index is 0.121. The first-order chi connectivity index (χ1) is 9.83. The molecule has 4 rings (SSSR count). The minimum Gasteiger partial charge on any atom is -0.325 e. The van der Waals surface area contributed by atoms with Gasteiger partial charge in [-0.2, -0.15) is 0 Å². The number of amides is 1. The van der Waals surface area contributed by atoms with Gasteiger partial charge in [0.2, 0.25) is 5.91 Å². The summed E-state index contributed by atoms with van der Waals surface area (Å²) in [6, 6.07) is 8.46. The van der Waals surface area contributed by atoms with Gasteiger partial charge >= 0.3 is 0 Å². The van der Waals surface area contributed by atoms with E-state index in [1.807, 2.05) is 12.3 Å². The van der Waals surface area contributed by atoms with Gasteiger partial charge in [0.25, 0.3) is 0 Å². The zero-order valence-electron chi connectivity index (χ0n) is 11.2. The number of nitrogens with one attached hydrogen (secondary N) is 1. The van der Waals surface area contributed by atoms with Gasteiger partial charge in [-0.15, -0.1) is 0 Å². The Morgan fingerprint density at radius 1 is 1.15 bits per heavy atom. The van der Waals surface area contributed by atoms with Crippen LogP contribution in [0, 0.1) is 0 Å². The number of hydrogen-bond acceptors (Lipinski definition) is 2. The van der Waals surface area contributed by atoms with E-state index >= 15 is 0 Å². The Kier molecular flexibility index (Phi) is 2.59. The van der Waals surface area contributed by atoms with Crippen molar-refractivity contribution in [1.82, 2.24) is 4.98 Å². The molecule has 1 aromatic heterocycles. The maximum atomic E-state index is 11.8. The van der Waals surface area contributed by atoms with E-state index in [-0.39, 0.29) is 5.91 Å². The Bertz CT molecular complexity index is 675. The van der Waals surface area contributed by atoms with E-state index in [9.17, 15) is 4.79 Å². The number of aromatic nitrogens is 1. The Morgan fingerprint density at radius 2 is 2.05 bits per heavy atom. The first-order valence-electron chi connectivity index (χ1n) is 7.19. The van der Waals surface area contributed by atoms with E-state index in [1.54, 1.807) is 6.20 Å². The number of hydrogen-bond donors (Lipinski definition) is 1. The van der Waals surface area contributed by atoms with Crippen LogP contribution in [0.4, 0.5) is 5.69 Å². The fourth-order valence-electron chi connectivity index (χ4n) is 3.02. The van der Waals surface area contributed by atoms with Crippen molar-refractivity contribution in [1.29, 1.82) is 0 Å². The van der Waals surface area contributed by atoms with Crippen LogP contribution in [0.2, 0.25) is 0 Å². The molecule has 2 aliphatic rings. The summed E-state index contributed by atoms with van der Waals surface area (Å²) in [7, 11) is 0. The molecule has 1 fully saturated rings. The second kappa shape index (κ2) is 4.44. The standard InChI is InChI=1S/C17H16N2O/c20-15-8-6-12-5-7-14(11-3-4-11)16(17(12)19-15)13-2-1-9-18-10-13/h1-2,5,7,9-11H,3-4,6,8H2,(H,19,20). The molecule has 3 heteroatoms. The highest BCUT2D eigenvalue weighted by molar-refractivity contribution is 5.99. The van der Waals surface area contributed by atoms with E-state index in [4.69, 9.17) is 0 Å². The summed E-state index contributed by atoms with van der Waals surface area (Å²) in [4.78, 5) is 16.0. The highest BCUT2D eigenvalue weighted by Crippen LogP contribution is 2.48. The van der Waals surface area contributed by atoms with Gasteiger partial charge in [-0.1, -0.05) is 18.2 Å². The summed E-state index contributed by atoms with van der Waals surface area (Å²) in [5.41, 5.74) is 5.91. The number of rotatable bonds is 2. The van der Waals surface area contributed by atoms with Crippen molar-refractivity contribution >= 4 is 11.6 Å². The van der Waals surface area contributed by atoms with Crippen molar-refractivity contribution in [3.63, 3.8) is 0 Å². The van der Waals surface area contributed by atoms with E-state index in [2.05, 4.69) is 28.5 Å². The summed E-state index contributed by atoms with van der Waals surface area (Å²) < 4.78 is 0. The molecule has 2 heterocycles. The van der Waals surface area contributed by atoms with E-state index in [0.717, 1.165) is 17.7 Å². The molecule has 100 valence electrons. The number of carbonyl (C=O) groups excluding carboxylic acids is 1. The van der Waals surface area contributed by atoms with E-state index in [1.165, 1.54) is 29.5 Å². The summed E-state index contributed by atoms with van der Waals surface area (Å²) in [6.07, 6.45) is 7.60. The summed E-state index contributed by atoms with van der Waals surface area (Å²) >= 11 is 0. The van der Waals surface area contributed by atoms with Crippen molar-refractivity contribution in [2.75, 3.05) is 5.32 Å². The minimum absolute atomic E-state index is 0.121. The van der Waals surface area contributed by atoms with Crippen molar-refractivity contribution in [2.45, 2.75) is 31.6 Å². The van der Waals surface area contributed by atoms with Crippen molar-refractivity contribution < 1.29 is 4.79 Å². The molecule has 3 nitrogen and oxygen atoms in total. The lowest BCUT2D eigenvalue weighted by molar-refractivity contribution is -0.116. The molecular formula is C17H16N2O. The van der Waals surface area contributed by atoms with Crippen molar-refractivity contribution in [3.05, 3.63) is 47.8 Å². The quantitative estimate of drug-likeness (QED) is 0.901. The lowest BCUT2D eigenvalue weighted by Crippen LogP contribution is -2.20. The van der Waals surface area contributed by atoms with Crippen LogP contribution < -0.4 is 5.32 Å². The Morgan fingerprint density at radius 3 is 2.80 bits per heavy atom. The number of pyridine rings is 1. The van der Waals surface area contributed by atoms with Crippen LogP contribution in [0.1, 0.15) is 36.3 Å². The van der Waals surface area contributed by atoms with E-state index in [0.29, 0.717) is 12.3 Å². The predicted octanol–water partition coefficient (Wildman–Crippen LogP) is 3.51. The highest BCUT2D eigenvalue weighted by atomic mass is 16.1. The topological polar surface area (TPSA) is 42.0 Å². The number of benzene rings is 1. The zero-order valence-corrected chi connectivity index (χ0v) is 11.2. The van der Waals surface area contributed by atoms with Crippen LogP contribution in [0.5, 0.6) is 0 Å².